The number of rotatable bonds is 7. The average Bonchev–Trinajstić information content (AvgIpc) is 3.53. The molecule has 1 aliphatic heterocycles. The van der Waals surface area contributed by atoms with Crippen LogP contribution in [0.2, 0.25) is 0 Å². The van der Waals surface area contributed by atoms with Crippen LogP contribution in [0.15, 0.2) is 60.8 Å². The average molecular weight is 661 g/mol. The van der Waals surface area contributed by atoms with E-state index in [0.29, 0.717) is 46.5 Å². The molecule has 1 amide bonds. The van der Waals surface area contributed by atoms with E-state index in [-0.39, 0.29) is 11.6 Å². The Labute approximate surface area is 284 Å². The van der Waals surface area contributed by atoms with Crippen LogP contribution in [0, 0.1) is 30.1 Å². The summed E-state index contributed by atoms with van der Waals surface area (Å²) in [5, 5.41) is 18.6. The number of carboxylic acids is 1. The predicted octanol–water partition coefficient (Wildman–Crippen LogP) is 7.84. The highest BCUT2D eigenvalue weighted by Gasteiger charge is 2.50. The van der Waals surface area contributed by atoms with E-state index in [4.69, 9.17) is 10.1 Å². The van der Waals surface area contributed by atoms with Gasteiger partial charge in [-0.1, -0.05) is 49.4 Å². The molecular weight excluding hydrogens is 621 g/mol. The van der Waals surface area contributed by atoms with E-state index in [0.717, 1.165) is 57.4 Å². The minimum absolute atomic E-state index is 0.0137. The van der Waals surface area contributed by atoms with Crippen molar-refractivity contribution in [3.63, 3.8) is 0 Å². The van der Waals surface area contributed by atoms with E-state index in [1.54, 1.807) is 6.20 Å². The van der Waals surface area contributed by atoms with E-state index >= 15 is 0 Å². The summed E-state index contributed by atoms with van der Waals surface area (Å²) in [6, 6.07) is 17.4. The molecule has 5 aromatic rings. The maximum Gasteiger partial charge on any atom is 0.355 e. The summed E-state index contributed by atoms with van der Waals surface area (Å²) in [5.41, 5.74) is 6.28. The lowest BCUT2D eigenvalue weighted by molar-refractivity contribution is -0.0179. The first-order chi connectivity index (χ1) is 23.2. The van der Waals surface area contributed by atoms with E-state index in [1.165, 1.54) is 37.0 Å². The third kappa shape index (κ3) is 5.36. The molecule has 2 unspecified atom stereocenters. The quantitative estimate of drug-likeness (QED) is 0.183. The Kier molecular flexibility index (Phi) is 7.58. The second-order valence-electron chi connectivity index (χ2n) is 14.4. The van der Waals surface area contributed by atoms with Crippen LogP contribution in [0.5, 0.6) is 0 Å². The van der Waals surface area contributed by atoms with Gasteiger partial charge in [-0.15, -0.1) is 0 Å². The molecule has 48 heavy (non-hydrogen) atoms. The fraction of sp³-hybridized carbons (Fsp3) is 0.395. The Morgan fingerprint density at radius 1 is 1.00 bits per heavy atom. The van der Waals surface area contributed by atoms with Crippen molar-refractivity contribution in [3.8, 4) is 11.1 Å². The summed E-state index contributed by atoms with van der Waals surface area (Å²) in [7, 11) is 0. The highest BCUT2D eigenvalue weighted by atomic mass is 32.1. The number of carboxylic acid groups (broad SMARTS) is 1. The number of para-hydroxylation sites is 1. The van der Waals surface area contributed by atoms with Crippen LogP contribution in [-0.2, 0) is 19.5 Å². The Morgan fingerprint density at radius 2 is 1.85 bits per heavy atom. The van der Waals surface area contributed by atoms with Gasteiger partial charge in [0.05, 0.1) is 16.4 Å². The summed E-state index contributed by atoms with van der Waals surface area (Å²) >= 11 is 1.45. The number of carbonyl (C=O) groups excluding carboxylic acids is 1. The van der Waals surface area contributed by atoms with Crippen molar-refractivity contribution in [2.45, 2.75) is 66.0 Å². The first-order valence-electron chi connectivity index (χ1n) is 17.0. The lowest BCUT2D eigenvalue weighted by Crippen LogP contribution is -2.43. The number of hydrogen-bond donors (Lipinski definition) is 2. The zero-order valence-corrected chi connectivity index (χ0v) is 28.4. The number of benzene rings is 2. The molecule has 3 saturated carbocycles. The molecule has 0 saturated heterocycles. The molecule has 2 bridgehead atoms. The third-order valence-corrected chi connectivity index (χ3v) is 12.4. The molecule has 4 heterocycles. The van der Waals surface area contributed by atoms with Crippen molar-refractivity contribution in [2.75, 3.05) is 16.8 Å². The van der Waals surface area contributed by atoms with Gasteiger partial charge in [0.1, 0.15) is 5.82 Å². The van der Waals surface area contributed by atoms with Crippen LogP contribution in [0.1, 0.15) is 77.2 Å². The number of nitrogens with one attached hydrogen (secondary N) is 1. The molecule has 9 nitrogen and oxygen atoms in total. The van der Waals surface area contributed by atoms with Crippen molar-refractivity contribution < 1.29 is 14.7 Å². The number of amides is 1. The molecule has 0 radical (unpaired) electrons. The van der Waals surface area contributed by atoms with Gasteiger partial charge in [-0.3, -0.25) is 14.8 Å². The molecule has 246 valence electrons. The largest absolute Gasteiger partial charge is 0.476 e. The Hall–Kier alpha value is -4.57. The summed E-state index contributed by atoms with van der Waals surface area (Å²) in [5.74, 6) is 1.51. The number of nitrogens with zero attached hydrogens (tertiary/aromatic N) is 5. The maximum absolute atomic E-state index is 13.5. The summed E-state index contributed by atoms with van der Waals surface area (Å²) in [4.78, 5) is 37.5. The highest BCUT2D eigenvalue weighted by molar-refractivity contribution is 7.22. The number of fused-ring (bicyclic) bond motifs is 5. The Bertz CT molecular complexity index is 2030. The van der Waals surface area contributed by atoms with Gasteiger partial charge in [0.2, 0.25) is 0 Å². The molecule has 0 spiro atoms. The molecule has 2 N–H and O–H groups in total. The molecule has 4 aliphatic rings. The fourth-order valence-corrected chi connectivity index (χ4v) is 9.22. The molecule has 3 aliphatic carbocycles. The van der Waals surface area contributed by atoms with Gasteiger partial charge < -0.3 is 10.0 Å². The minimum atomic E-state index is -1.07. The second-order valence-corrected chi connectivity index (χ2v) is 15.4. The predicted molar refractivity (Wildman–Crippen MR) is 189 cm³/mol. The van der Waals surface area contributed by atoms with Crippen molar-refractivity contribution in [3.05, 3.63) is 88.9 Å². The van der Waals surface area contributed by atoms with Gasteiger partial charge in [0.15, 0.2) is 10.8 Å². The Balaban J connectivity index is 1.02. The van der Waals surface area contributed by atoms with Crippen LogP contribution in [0.3, 0.4) is 0 Å². The number of anilines is 2. The number of hydrogen-bond acceptors (Lipinski definition) is 7. The van der Waals surface area contributed by atoms with Gasteiger partial charge in [0.25, 0.3) is 5.91 Å². The van der Waals surface area contributed by atoms with E-state index in [2.05, 4.69) is 39.8 Å². The summed E-state index contributed by atoms with van der Waals surface area (Å²) in [6.07, 6.45) is 7.61. The normalized spacial score (nSPS) is 21.3. The molecule has 9 rings (SSSR count). The molecule has 10 heteroatoms. The summed E-state index contributed by atoms with van der Waals surface area (Å²) in [6.45, 7) is 8.87. The molecule has 2 aromatic carbocycles. The summed E-state index contributed by atoms with van der Waals surface area (Å²) < 4.78 is 3.08. The SMILES string of the molecule is Cc1c(-c2ccc(N3CCc4cccc(C(=O)Nc5nc6ccccc6s5)c4C3)nc2C(=O)O)cnn1CC1CCC2C[C@@H](C1)C2(C)C. The molecule has 3 atom stereocenters. The van der Waals surface area contributed by atoms with E-state index in [9.17, 15) is 14.7 Å². The number of aromatic carboxylic acids is 1. The van der Waals surface area contributed by atoms with Crippen LogP contribution < -0.4 is 10.2 Å². The topological polar surface area (TPSA) is 113 Å². The van der Waals surface area contributed by atoms with Gasteiger partial charge in [-0.05, 0) is 104 Å². The third-order valence-electron chi connectivity index (χ3n) is 11.5. The highest BCUT2D eigenvalue weighted by Crippen LogP contribution is 2.58. The number of aromatic nitrogens is 4. The zero-order chi connectivity index (χ0) is 33.2. The lowest BCUT2D eigenvalue weighted by atomic mass is 9.54. The number of carbonyl (C=O) groups is 2. The van der Waals surface area contributed by atoms with Crippen LogP contribution >= 0.6 is 11.3 Å². The first kappa shape index (κ1) is 30.7. The van der Waals surface area contributed by atoms with Gasteiger partial charge in [-0.25, -0.2) is 14.8 Å². The molecule has 3 fully saturated rings. The van der Waals surface area contributed by atoms with Crippen molar-refractivity contribution >= 4 is 44.4 Å². The van der Waals surface area contributed by atoms with Gasteiger partial charge >= 0.3 is 5.97 Å². The first-order valence-corrected chi connectivity index (χ1v) is 17.8. The maximum atomic E-state index is 13.5. The van der Waals surface area contributed by atoms with E-state index < -0.39 is 5.97 Å². The smallest absolute Gasteiger partial charge is 0.355 e. The van der Waals surface area contributed by atoms with Crippen molar-refractivity contribution in [2.24, 2.45) is 23.2 Å². The van der Waals surface area contributed by atoms with E-state index in [1.807, 2.05) is 55.5 Å². The number of thiazole rings is 1. The van der Waals surface area contributed by atoms with Crippen LogP contribution in [-0.4, -0.2) is 43.3 Å². The molecular formula is C38H40N6O3S. The van der Waals surface area contributed by atoms with Crippen molar-refractivity contribution in [1.29, 1.82) is 0 Å². The molecule has 3 aromatic heterocycles. The van der Waals surface area contributed by atoms with Crippen LogP contribution in [0.25, 0.3) is 21.3 Å². The van der Waals surface area contributed by atoms with Gasteiger partial charge in [0, 0.05) is 42.0 Å². The minimum Gasteiger partial charge on any atom is -0.476 e. The van der Waals surface area contributed by atoms with Crippen molar-refractivity contribution in [1.82, 2.24) is 19.7 Å². The fourth-order valence-electron chi connectivity index (χ4n) is 8.36. The second kappa shape index (κ2) is 11.8. The van der Waals surface area contributed by atoms with Crippen LogP contribution in [0.4, 0.5) is 10.9 Å². The number of pyridine rings is 1. The Morgan fingerprint density at radius 3 is 2.67 bits per heavy atom. The standard InChI is InChI=1S/C38H40N6O3S/c1-22-29(19-39-44(22)20-23-11-12-25-18-26(17-23)38(25,2)3)27-13-14-33(41-34(27)36(46)47)43-16-15-24-7-6-8-28(30(24)21-43)35(45)42-37-40-31-9-4-5-10-32(31)48-37/h4-10,13-14,19,23,25-26H,11-12,15-18,20-21H2,1-3H3,(H,46,47)(H,40,42,45)/t23?,25?,26-/m1/s1. The zero-order valence-electron chi connectivity index (χ0n) is 27.6. The van der Waals surface area contributed by atoms with Gasteiger partial charge in [-0.2, -0.15) is 5.10 Å². The monoisotopic (exact) mass is 660 g/mol. The lowest BCUT2D eigenvalue weighted by Gasteiger charge is -2.51.